The third-order valence-electron chi connectivity index (χ3n) is 6.04. The minimum absolute atomic E-state index is 0.0265. The summed E-state index contributed by atoms with van der Waals surface area (Å²) in [6.45, 7) is 0.397. The van der Waals surface area contributed by atoms with E-state index >= 15 is 0 Å². The largest absolute Gasteiger partial charge is 0.508 e. The number of phenols is 2. The summed E-state index contributed by atoms with van der Waals surface area (Å²) in [4.78, 5) is 26.3. The van der Waals surface area contributed by atoms with E-state index in [0.717, 1.165) is 5.56 Å². The fraction of sp³-hybridized carbons (Fsp3) is 0.185. The van der Waals surface area contributed by atoms with E-state index in [1.807, 2.05) is 0 Å². The molecule has 1 aliphatic heterocycles. The lowest BCUT2D eigenvalue weighted by Gasteiger charge is -2.19. The van der Waals surface area contributed by atoms with Crippen molar-refractivity contribution in [3.8, 4) is 23.0 Å². The first kappa shape index (κ1) is 22.3. The number of fused-ring (bicyclic) bond motifs is 2. The Morgan fingerprint density at radius 3 is 2.51 bits per heavy atom. The molecule has 8 heteroatoms. The van der Waals surface area contributed by atoms with Crippen LogP contribution in [0.4, 0.5) is 0 Å². The molecule has 5 rings (SSSR count). The minimum atomic E-state index is -0.779. The number of benzene rings is 3. The average molecular weight is 473 g/mol. The van der Waals surface area contributed by atoms with E-state index < -0.39 is 5.92 Å². The van der Waals surface area contributed by atoms with E-state index in [-0.39, 0.29) is 41.6 Å². The Morgan fingerprint density at radius 1 is 0.971 bits per heavy atom. The van der Waals surface area contributed by atoms with Crippen LogP contribution in [0, 0.1) is 0 Å². The van der Waals surface area contributed by atoms with Gasteiger partial charge in [0.25, 0.3) is 0 Å². The van der Waals surface area contributed by atoms with E-state index in [4.69, 9.17) is 13.9 Å². The van der Waals surface area contributed by atoms with Gasteiger partial charge in [0.15, 0.2) is 16.9 Å². The molecule has 0 unspecified atom stereocenters. The molecule has 0 radical (unpaired) electrons. The van der Waals surface area contributed by atoms with E-state index in [9.17, 15) is 19.8 Å². The zero-order chi connectivity index (χ0) is 24.4. The van der Waals surface area contributed by atoms with E-state index in [0.29, 0.717) is 41.0 Å². The Kier molecular flexibility index (Phi) is 6.01. The SMILES string of the molecule is O=C(C[C@@H](c1cc2c(cc1O)OCO2)c1coc2ccccc2c1=O)NCCc1ccc(O)cc1. The molecular weight excluding hydrogens is 450 g/mol. The fourth-order valence-corrected chi connectivity index (χ4v) is 4.21. The van der Waals surface area contributed by atoms with Gasteiger partial charge >= 0.3 is 0 Å². The summed E-state index contributed by atoms with van der Waals surface area (Å²) < 4.78 is 16.5. The Bertz CT molecular complexity index is 1440. The van der Waals surface area contributed by atoms with Crippen LogP contribution in [0.5, 0.6) is 23.0 Å². The first-order valence-corrected chi connectivity index (χ1v) is 11.2. The topological polar surface area (TPSA) is 118 Å². The van der Waals surface area contributed by atoms with Gasteiger partial charge in [-0.05, 0) is 42.3 Å². The van der Waals surface area contributed by atoms with Gasteiger partial charge in [0.2, 0.25) is 12.7 Å². The highest BCUT2D eigenvalue weighted by molar-refractivity contribution is 5.80. The first-order chi connectivity index (χ1) is 17.0. The van der Waals surface area contributed by atoms with Gasteiger partial charge in [-0.2, -0.15) is 0 Å². The van der Waals surface area contributed by atoms with E-state index in [1.165, 1.54) is 12.3 Å². The summed E-state index contributed by atoms with van der Waals surface area (Å²) in [5, 5.41) is 23.4. The minimum Gasteiger partial charge on any atom is -0.508 e. The Labute approximate surface area is 200 Å². The van der Waals surface area contributed by atoms with Gasteiger partial charge in [-0.3, -0.25) is 9.59 Å². The summed E-state index contributed by atoms with van der Waals surface area (Å²) in [5.74, 6) is -0.172. The molecule has 178 valence electrons. The smallest absolute Gasteiger partial charge is 0.231 e. The highest BCUT2D eigenvalue weighted by Gasteiger charge is 2.28. The van der Waals surface area contributed by atoms with Crippen molar-refractivity contribution in [2.24, 2.45) is 0 Å². The number of aromatic hydroxyl groups is 2. The van der Waals surface area contributed by atoms with Crippen molar-refractivity contribution < 1.29 is 28.9 Å². The van der Waals surface area contributed by atoms with E-state index in [2.05, 4.69) is 5.32 Å². The summed E-state index contributed by atoms with van der Waals surface area (Å²) in [7, 11) is 0. The Morgan fingerprint density at radius 2 is 1.71 bits per heavy atom. The molecule has 0 aliphatic carbocycles. The molecule has 0 saturated carbocycles. The number of para-hydroxylation sites is 1. The van der Waals surface area contributed by atoms with Crippen LogP contribution in [0.2, 0.25) is 0 Å². The molecule has 1 atom stereocenters. The predicted octanol–water partition coefficient (Wildman–Crippen LogP) is 3.81. The maximum Gasteiger partial charge on any atom is 0.231 e. The van der Waals surface area contributed by atoms with Crippen molar-refractivity contribution in [3.63, 3.8) is 0 Å². The van der Waals surface area contributed by atoms with Crippen LogP contribution < -0.4 is 20.2 Å². The molecule has 0 bridgehead atoms. The average Bonchev–Trinajstić information content (AvgIpc) is 3.31. The maximum absolute atomic E-state index is 13.3. The number of rotatable bonds is 7. The second-order valence-corrected chi connectivity index (χ2v) is 8.30. The van der Waals surface area contributed by atoms with Crippen LogP contribution in [0.15, 0.2) is 76.1 Å². The van der Waals surface area contributed by atoms with Gasteiger partial charge in [-0.1, -0.05) is 24.3 Å². The molecule has 0 saturated heterocycles. The quantitative estimate of drug-likeness (QED) is 0.373. The zero-order valence-electron chi connectivity index (χ0n) is 18.7. The number of carbonyl (C=O) groups is 1. The van der Waals surface area contributed by atoms with Crippen LogP contribution in [0.1, 0.15) is 29.0 Å². The zero-order valence-corrected chi connectivity index (χ0v) is 18.7. The molecule has 1 aromatic heterocycles. The van der Waals surface area contributed by atoms with Crippen molar-refractivity contribution in [1.29, 1.82) is 0 Å². The number of amides is 1. The standard InChI is InChI=1S/C27H23NO7/c29-17-7-5-16(6-8-17)9-10-28-26(31)12-19(20-11-24-25(13-22(20)30)35-15-34-24)21-14-33-23-4-2-1-3-18(23)27(21)32/h1-8,11,13-14,19,29-30H,9-10,12,15H2,(H,28,31)/t19-/m0/s1. The van der Waals surface area contributed by atoms with Gasteiger partial charge < -0.3 is 29.4 Å². The lowest BCUT2D eigenvalue weighted by atomic mass is 9.87. The summed E-state index contributed by atoms with van der Waals surface area (Å²) in [6, 6.07) is 16.7. The maximum atomic E-state index is 13.3. The van der Waals surface area contributed by atoms with Crippen molar-refractivity contribution in [1.82, 2.24) is 5.32 Å². The summed E-state index contributed by atoms with van der Waals surface area (Å²) in [6.07, 6.45) is 1.83. The van der Waals surface area contributed by atoms with Crippen molar-refractivity contribution >= 4 is 16.9 Å². The number of hydrogen-bond donors (Lipinski definition) is 3. The van der Waals surface area contributed by atoms with Gasteiger partial charge in [-0.25, -0.2) is 0 Å². The van der Waals surface area contributed by atoms with Crippen LogP contribution in [0.3, 0.4) is 0 Å². The molecule has 35 heavy (non-hydrogen) atoms. The first-order valence-electron chi connectivity index (χ1n) is 11.2. The third-order valence-corrected chi connectivity index (χ3v) is 6.04. The molecule has 0 fully saturated rings. The van der Waals surface area contributed by atoms with Gasteiger partial charge in [0.1, 0.15) is 17.1 Å². The van der Waals surface area contributed by atoms with Gasteiger partial charge in [0.05, 0.1) is 11.6 Å². The monoisotopic (exact) mass is 473 g/mol. The second-order valence-electron chi connectivity index (χ2n) is 8.30. The predicted molar refractivity (Wildman–Crippen MR) is 128 cm³/mol. The number of phenolic OH excluding ortho intramolecular Hbond substituents is 2. The summed E-state index contributed by atoms with van der Waals surface area (Å²) in [5.41, 5.74) is 1.75. The van der Waals surface area contributed by atoms with E-state index in [1.54, 1.807) is 54.6 Å². The Balaban J connectivity index is 1.44. The number of hydrogen-bond acceptors (Lipinski definition) is 7. The van der Waals surface area contributed by atoms with Crippen LogP contribution >= 0.6 is 0 Å². The highest BCUT2D eigenvalue weighted by atomic mass is 16.7. The molecule has 3 aromatic carbocycles. The normalized spacial score (nSPS) is 13.0. The molecule has 3 N–H and O–H groups in total. The highest BCUT2D eigenvalue weighted by Crippen LogP contribution is 2.42. The number of ether oxygens (including phenoxy) is 2. The Hall–Kier alpha value is -4.46. The molecule has 2 heterocycles. The molecule has 0 spiro atoms. The second kappa shape index (κ2) is 9.42. The van der Waals surface area contributed by atoms with Crippen molar-refractivity contribution in [2.75, 3.05) is 13.3 Å². The summed E-state index contributed by atoms with van der Waals surface area (Å²) >= 11 is 0. The van der Waals surface area contributed by atoms with Crippen molar-refractivity contribution in [2.45, 2.75) is 18.8 Å². The lowest BCUT2D eigenvalue weighted by Crippen LogP contribution is -2.28. The van der Waals surface area contributed by atoms with Gasteiger partial charge in [0, 0.05) is 36.1 Å². The number of nitrogens with one attached hydrogen (secondary N) is 1. The molecule has 4 aromatic rings. The lowest BCUT2D eigenvalue weighted by molar-refractivity contribution is -0.121. The van der Waals surface area contributed by atoms with Crippen LogP contribution in [-0.2, 0) is 11.2 Å². The molecular formula is C27H23NO7. The van der Waals surface area contributed by atoms with Crippen molar-refractivity contribution in [3.05, 3.63) is 93.8 Å². The fourth-order valence-electron chi connectivity index (χ4n) is 4.21. The molecule has 8 nitrogen and oxygen atoms in total. The number of carbonyl (C=O) groups excluding carboxylic acids is 1. The third kappa shape index (κ3) is 4.63. The molecule has 1 amide bonds. The van der Waals surface area contributed by atoms with Crippen LogP contribution in [0.25, 0.3) is 11.0 Å². The van der Waals surface area contributed by atoms with Gasteiger partial charge in [-0.15, -0.1) is 0 Å². The van der Waals surface area contributed by atoms with Crippen LogP contribution in [-0.4, -0.2) is 29.5 Å². The molecule has 1 aliphatic rings.